The third-order valence-corrected chi connectivity index (χ3v) is 3.14. The SMILES string of the molecule is ClN1OC(c2ccccc2)CP1. The number of nitrogens with zero attached hydrogens (tertiary/aromatic N) is 1. The Morgan fingerprint density at radius 3 is 2.75 bits per heavy atom. The van der Waals surface area contributed by atoms with Crippen LogP contribution < -0.4 is 0 Å². The van der Waals surface area contributed by atoms with E-state index in [0.29, 0.717) is 8.73 Å². The van der Waals surface area contributed by atoms with Gasteiger partial charge in [-0.05, 0) is 5.56 Å². The van der Waals surface area contributed by atoms with Crippen LogP contribution in [0.25, 0.3) is 0 Å². The van der Waals surface area contributed by atoms with Crippen molar-refractivity contribution in [1.29, 1.82) is 0 Å². The predicted molar refractivity (Wildman–Crippen MR) is 51.1 cm³/mol. The maximum atomic E-state index is 5.68. The molecule has 2 unspecified atom stereocenters. The van der Waals surface area contributed by atoms with Gasteiger partial charge < -0.3 is 0 Å². The summed E-state index contributed by atoms with van der Waals surface area (Å²) in [7, 11) is 0.565. The first kappa shape index (κ1) is 8.46. The van der Waals surface area contributed by atoms with Crippen molar-refractivity contribution in [2.24, 2.45) is 0 Å². The monoisotopic (exact) mass is 201 g/mol. The van der Waals surface area contributed by atoms with E-state index in [0.717, 1.165) is 6.16 Å². The smallest absolute Gasteiger partial charge is 0.111 e. The second kappa shape index (κ2) is 3.71. The quantitative estimate of drug-likeness (QED) is 0.512. The predicted octanol–water partition coefficient (Wildman–Crippen LogP) is 2.72. The van der Waals surface area contributed by atoms with E-state index >= 15 is 0 Å². The average Bonchev–Trinajstić information content (AvgIpc) is 2.54. The Morgan fingerprint density at radius 2 is 2.17 bits per heavy atom. The first-order chi connectivity index (χ1) is 5.86. The Balaban J connectivity index is 2.11. The van der Waals surface area contributed by atoms with Crippen LogP contribution in [-0.2, 0) is 4.84 Å². The topological polar surface area (TPSA) is 12.5 Å². The molecule has 2 rings (SSSR count). The lowest BCUT2D eigenvalue weighted by Gasteiger charge is -2.08. The van der Waals surface area contributed by atoms with Gasteiger partial charge in [0, 0.05) is 26.7 Å². The van der Waals surface area contributed by atoms with Gasteiger partial charge in [-0.2, -0.15) is 0 Å². The maximum absolute atomic E-state index is 5.68. The zero-order valence-electron chi connectivity index (χ0n) is 6.40. The summed E-state index contributed by atoms with van der Waals surface area (Å²) in [5, 5.41) is 0. The summed E-state index contributed by atoms with van der Waals surface area (Å²) in [5.74, 6) is 0. The molecule has 1 aromatic rings. The second-order valence-corrected chi connectivity index (χ2v) is 4.33. The minimum Gasteiger partial charge on any atom is -0.272 e. The molecule has 1 aromatic carbocycles. The van der Waals surface area contributed by atoms with Crippen molar-refractivity contribution >= 4 is 20.5 Å². The van der Waals surface area contributed by atoms with E-state index in [1.54, 1.807) is 0 Å². The van der Waals surface area contributed by atoms with Crippen LogP contribution in [0.4, 0.5) is 0 Å². The Kier molecular flexibility index (Phi) is 2.62. The average molecular weight is 202 g/mol. The van der Waals surface area contributed by atoms with E-state index in [-0.39, 0.29) is 6.10 Å². The molecular weight excluding hydrogens is 193 g/mol. The minimum atomic E-state index is 0.155. The largest absolute Gasteiger partial charge is 0.272 e. The van der Waals surface area contributed by atoms with Gasteiger partial charge in [0.05, 0.1) is 0 Å². The summed E-state index contributed by atoms with van der Waals surface area (Å²) in [6, 6.07) is 10.1. The molecule has 0 bridgehead atoms. The van der Waals surface area contributed by atoms with Crippen LogP contribution in [0.3, 0.4) is 0 Å². The standard InChI is InChI=1S/C8H9ClNOP/c9-10-11-8(6-12-10)7-4-2-1-3-5-7/h1-5,8,12H,6H2. The van der Waals surface area contributed by atoms with Crippen LogP contribution in [0.1, 0.15) is 11.7 Å². The van der Waals surface area contributed by atoms with Gasteiger partial charge in [-0.1, -0.05) is 34.7 Å². The summed E-state index contributed by atoms with van der Waals surface area (Å²) >= 11 is 5.68. The Bertz CT molecular complexity index is 256. The summed E-state index contributed by atoms with van der Waals surface area (Å²) in [6.45, 7) is 0. The highest BCUT2D eigenvalue weighted by molar-refractivity contribution is 7.37. The highest BCUT2D eigenvalue weighted by Crippen LogP contribution is 2.39. The van der Waals surface area contributed by atoms with Gasteiger partial charge in [0.15, 0.2) is 0 Å². The Labute approximate surface area is 78.4 Å². The minimum absolute atomic E-state index is 0.155. The van der Waals surface area contributed by atoms with Gasteiger partial charge in [0.25, 0.3) is 0 Å². The van der Waals surface area contributed by atoms with E-state index in [1.807, 2.05) is 18.2 Å². The fraction of sp³-hybridized carbons (Fsp3) is 0.250. The molecule has 12 heavy (non-hydrogen) atoms. The molecule has 64 valence electrons. The number of halogens is 1. The zero-order chi connectivity index (χ0) is 8.39. The maximum Gasteiger partial charge on any atom is 0.111 e. The van der Waals surface area contributed by atoms with Crippen LogP contribution in [0.15, 0.2) is 30.3 Å². The molecule has 0 radical (unpaired) electrons. The zero-order valence-corrected chi connectivity index (χ0v) is 8.16. The molecule has 1 aliphatic heterocycles. The molecule has 0 aliphatic carbocycles. The van der Waals surface area contributed by atoms with Crippen LogP contribution >= 0.6 is 20.5 Å². The molecule has 0 aromatic heterocycles. The molecular formula is C8H9ClNOP. The van der Waals surface area contributed by atoms with Gasteiger partial charge in [0.2, 0.25) is 0 Å². The van der Waals surface area contributed by atoms with Gasteiger partial charge in [0.1, 0.15) is 6.10 Å². The third kappa shape index (κ3) is 1.78. The number of rotatable bonds is 1. The van der Waals surface area contributed by atoms with Crippen molar-refractivity contribution in [3.05, 3.63) is 35.9 Å². The van der Waals surface area contributed by atoms with Gasteiger partial charge in [-0.25, -0.2) is 0 Å². The molecule has 0 amide bonds. The number of benzene rings is 1. The van der Waals surface area contributed by atoms with Crippen molar-refractivity contribution in [2.45, 2.75) is 6.10 Å². The van der Waals surface area contributed by atoms with E-state index in [4.69, 9.17) is 16.6 Å². The van der Waals surface area contributed by atoms with E-state index in [9.17, 15) is 0 Å². The van der Waals surface area contributed by atoms with Crippen LogP contribution in [-0.4, -0.2) is 10.5 Å². The van der Waals surface area contributed by atoms with Crippen LogP contribution in [0.5, 0.6) is 0 Å². The highest BCUT2D eigenvalue weighted by Gasteiger charge is 2.23. The van der Waals surface area contributed by atoms with Gasteiger partial charge in [-0.3, -0.25) is 4.84 Å². The lowest BCUT2D eigenvalue weighted by atomic mass is 10.1. The number of hydrogen-bond donors (Lipinski definition) is 0. The molecule has 1 heterocycles. The van der Waals surface area contributed by atoms with Gasteiger partial charge in [-0.15, -0.1) is 0 Å². The molecule has 1 saturated heterocycles. The summed E-state index contributed by atoms with van der Waals surface area (Å²) in [6.07, 6.45) is 1.15. The van der Waals surface area contributed by atoms with E-state index in [2.05, 4.69) is 12.1 Å². The lowest BCUT2D eigenvalue weighted by Crippen LogP contribution is -2.01. The van der Waals surface area contributed by atoms with Crippen molar-refractivity contribution < 1.29 is 4.84 Å². The fourth-order valence-electron chi connectivity index (χ4n) is 1.19. The molecule has 1 aliphatic rings. The molecule has 0 N–H and O–H groups in total. The van der Waals surface area contributed by atoms with Crippen molar-refractivity contribution in [1.82, 2.24) is 4.35 Å². The molecule has 2 atom stereocenters. The van der Waals surface area contributed by atoms with Crippen molar-refractivity contribution in [2.75, 3.05) is 6.16 Å². The second-order valence-electron chi connectivity index (χ2n) is 2.61. The Morgan fingerprint density at radius 1 is 1.42 bits per heavy atom. The Hall–Kier alpha value is -0.140. The molecule has 1 fully saturated rings. The summed E-state index contributed by atoms with van der Waals surface area (Å²) in [4.78, 5) is 5.36. The van der Waals surface area contributed by atoms with Gasteiger partial charge >= 0.3 is 0 Å². The molecule has 4 heteroatoms. The molecule has 2 nitrogen and oxygen atoms in total. The third-order valence-electron chi connectivity index (χ3n) is 1.79. The van der Waals surface area contributed by atoms with E-state index in [1.165, 1.54) is 9.92 Å². The lowest BCUT2D eigenvalue weighted by molar-refractivity contribution is -0.0401. The van der Waals surface area contributed by atoms with Crippen molar-refractivity contribution in [3.8, 4) is 0 Å². The van der Waals surface area contributed by atoms with Crippen LogP contribution in [0, 0.1) is 0 Å². The molecule has 0 saturated carbocycles. The molecule has 0 spiro atoms. The van der Waals surface area contributed by atoms with Crippen LogP contribution in [0.2, 0.25) is 0 Å². The van der Waals surface area contributed by atoms with E-state index < -0.39 is 0 Å². The summed E-state index contributed by atoms with van der Waals surface area (Å²) in [5.41, 5.74) is 1.20. The first-order valence-electron chi connectivity index (χ1n) is 3.77. The van der Waals surface area contributed by atoms with Crippen molar-refractivity contribution in [3.63, 3.8) is 0 Å². The number of hydrogen-bond acceptors (Lipinski definition) is 2. The normalized spacial score (nSPS) is 26.6. The first-order valence-corrected chi connectivity index (χ1v) is 5.26. The fourth-order valence-corrected chi connectivity index (χ4v) is 2.31. The highest BCUT2D eigenvalue weighted by atomic mass is 35.5. The summed E-state index contributed by atoms with van der Waals surface area (Å²) < 4.78 is 1.40.